The van der Waals surface area contributed by atoms with E-state index < -0.39 is 5.82 Å². The lowest BCUT2D eigenvalue weighted by molar-refractivity contribution is -0.121. The van der Waals surface area contributed by atoms with Gasteiger partial charge in [-0.3, -0.25) is 9.69 Å². The van der Waals surface area contributed by atoms with Gasteiger partial charge >= 0.3 is 0 Å². The van der Waals surface area contributed by atoms with Gasteiger partial charge in [0, 0.05) is 17.1 Å². The first-order valence-corrected chi connectivity index (χ1v) is 7.03. The molecule has 0 atom stereocenters. The molecule has 0 N–H and O–H groups in total. The average molecular weight is 307 g/mol. The monoisotopic (exact) mass is 306 g/mol. The molecule has 21 heavy (non-hydrogen) atoms. The molecule has 0 unspecified atom stereocenters. The van der Waals surface area contributed by atoms with Crippen LogP contribution in [0.5, 0.6) is 0 Å². The minimum absolute atomic E-state index is 0.0610. The Labute approximate surface area is 128 Å². The highest BCUT2D eigenvalue weighted by Gasteiger charge is 2.21. The van der Waals surface area contributed by atoms with Crippen LogP contribution in [0.3, 0.4) is 0 Å². The molecule has 0 spiro atoms. The Kier molecular flexibility index (Phi) is 4.91. The van der Waals surface area contributed by atoms with Gasteiger partial charge in [0.15, 0.2) is 0 Å². The normalized spacial score (nSPS) is 10.7. The maximum absolute atomic E-state index is 13.1. The lowest BCUT2D eigenvalue weighted by atomic mass is 10.1. The number of hydrogen-bond acceptors (Lipinski definition) is 2. The van der Waals surface area contributed by atoms with Crippen LogP contribution in [-0.2, 0) is 11.3 Å². The van der Waals surface area contributed by atoms with E-state index in [1.54, 1.807) is 29.3 Å². The van der Waals surface area contributed by atoms with Crippen LogP contribution in [0, 0.1) is 11.7 Å². The number of carbonyl (C=O) groups is 1. The summed E-state index contributed by atoms with van der Waals surface area (Å²) < 4.78 is 13.1. The van der Waals surface area contributed by atoms with Crippen molar-refractivity contribution in [1.29, 1.82) is 0 Å². The molecular formula is C16H16ClFN2O. The van der Waals surface area contributed by atoms with Gasteiger partial charge < -0.3 is 0 Å². The lowest BCUT2D eigenvalue weighted by Gasteiger charge is -2.24. The lowest BCUT2D eigenvalue weighted by Crippen LogP contribution is -2.34. The maximum Gasteiger partial charge on any atom is 0.231 e. The van der Waals surface area contributed by atoms with Crippen molar-refractivity contribution < 1.29 is 9.18 Å². The smallest absolute Gasteiger partial charge is 0.231 e. The Balaban J connectivity index is 2.34. The fourth-order valence-electron chi connectivity index (χ4n) is 1.92. The first kappa shape index (κ1) is 15.4. The van der Waals surface area contributed by atoms with Crippen LogP contribution in [-0.4, -0.2) is 10.9 Å². The van der Waals surface area contributed by atoms with Gasteiger partial charge in [0.1, 0.15) is 11.6 Å². The van der Waals surface area contributed by atoms with Crippen LogP contribution in [0.1, 0.15) is 19.4 Å². The molecule has 0 aliphatic carbocycles. The number of benzene rings is 1. The van der Waals surface area contributed by atoms with Gasteiger partial charge in [0.25, 0.3) is 0 Å². The third-order valence-corrected chi connectivity index (χ3v) is 3.38. The van der Waals surface area contributed by atoms with Crippen molar-refractivity contribution in [3.63, 3.8) is 0 Å². The second-order valence-electron chi connectivity index (χ2n) is 5.00. The number of rotatable bonds is 4. The summed E-state index contributed by atoms with van der Waals surface area (Å²) in [5.41, 5.74) is 0.678. The maximum atomic E-state index is 13.1. The second-order valence-corrected chi connectivity index (χ2v) is 5.41. The molecular weight excluding hydrogens is 291 g/mol. The van der Waals surface area contributed by atoms with Crippen LogP contribution in [0.25, 0.3) is 0 Å². The Bertz CT molecular complexity index is 631. The van der Waals surface area contributed by atoms with Crippen molar-refractivity contribution in [2.24, 2.45) is 5.92 Å². The summed E-state index contributed by atoms with van der Waals surface area (Å²) in [5, 5.41) is 0.299. The van der Waals surface area contributed by atoms with Gasteiger partial charge in [-0.2, -0.15) is 0 Å². The molecule has 0 fully saturated rings. The van der Waals surface area contributed by atoms with Crippen molar-refractivity contribution in [3.8, 4) is 0 Å². The number of amides is 1. The van der Waals surface area contributed by atoms with Gasteiger partial charge in [-0.1, -0.05) is 37.6 Å². The molecule has 2 rings (SSSR count). The van der Waals surface area contributed by atoms with E-state index in [1.165, 1.54) is 12.1 Å². The molecule has 3 nitrogen and oxygen atoms in total. The fraction of sp³-hybridized carbons (Fsp3) is 0.250. The molecule has 0 saturated heterocycles. The third-order valence-electron chi connectivity index (χ3n) is 3.03. The van der Waals surface area contributed by atoms with Gasteiger partial charge in [0.05, 0.1) is 6.54 Å². The molecule has 0 radical (unpaired) electrons. The van der Waals surface area contributed by atoms with Gasteiger partial charge in [-0.05, 0) is 29.8 Å². The van der Waals surface area contributed by atoms with Crippen molar-refractivity contribution in [3.05, 3.63) is 59.0 Å². The van der Waals surface area contributed by atoms with Gasteiger partial charge in [-0.15, -0.1) is 0 Å². The zero-order chi connectivity index (χ0) is 15.4. The van der Waals surface area contributed by atoms with E-state index in [1.807, 2.05) is 19.9 Å². The summed E-state index contributed by atoms with van der Waals surface area (Å²) in [4.78, 5) is 18.2. The van der Waals surface area contributed by atoms with Crippen LogP contribution in [0.15, 0.2) is 42.6 Å². The highest BCUT2D eigenvalue weighted by atomic mass is 35.5. The van der Waals surface area contributed by atoms with Crippen LogP contribution in [0.2, 0.25) is 5.02 Å². The van der Waals surface area contributed by atoms with E-state index in [-0.39, 0.29) is 18.4 Å². The highest BCUT2D eigenvalue weighted by Crippen LogP contribution is 2.23. The first-order valence-electron chi connectivity index (χ1n) is 6.65. The summed E-state index contributed by atoms with van der Waals surface area (Å²) in [6, 6.07) is 9.52. The number of pyridine rings is 1. The molecule has 0 saturated carbocycles. The summed E-state index contributed by atoms with van der Waals surface area (Å²) in [7, 11) is 0. The van der Waals surface area contributed by atoms with E-state index in [4.69, 9.17) is 11.6 Å². The highest BCUT2D eigenvalue weighted by molar-refractivity contribution is 6.31. The molecule has 1 amide bonds. The number of hydrogen-bond donors (Lipinski definition) is 0. The van der Waals surface area contributed by atoms with Gasteiger partial charge in [-0.25, -0.2) is 9.37 Å². The van der Waals surface area contributed by atoms with Crippen LogP contribution < -0.4 is 4.90 Å². The van der Waals surface area contributed by atoms with Crippen LogP contribution >= 0.6 is 11.6 Å². The quantitative estimate of drug-likeness (QED) is 0.853. The van der Waals surface area contributed by atoms with E-state index in [9.17, 15) is 9.18 Å². The Morgan fingerprint density at radius 3 is 2.67 bits per heavy atom. The number of nitrogens with zero attached hydrogens (tertiary/aromatic N) is 2. The first-order chi connectivity index (χ1) is 9.99. The summed E-state index contributed by atoms with van der Waals surface area (Å²) >= 11 is 6.05. The molecule has 1 aromatic heterocycles. The topological polar surface area (TPSA) is 33.2 Å². The minimum Gasteiger partial charge on any atom is -0.292 e. The fourth-order valence-corrected chi connectivity index (χ4v) is 2.14. The molecule has 110 valence electrons. The average Bonchev–Trinajstić information content (AvgIpc) is 2.46. The zero-order valence-corrected chi connectivity index (χ0v) is 12.6. The van der Waals surface area contributed by atoms with Crippen LogP contribution in [0.4, 0.5) is 10.2 Å². The number of halogens is 2. The van der Waals surface area contributed by atoms with Crippen molar-refractivity contribution in [1.82, 2.24) is 4.98 Å². The number of anilines is 1. The van der Waals surface area contributed by atoms with E-state index >= 15 is 0 Å². The Morgan fingerprint density at radius 1 is 1.33 bits per heavy atom. The van der Waals surface area contributed by atoms with Gasteiger partial charge in [0.2, 0.25) is 5.91 Å². The van der Waals surface area contributed by atoms with Crippen molar-refractivity contribution >= 4 is 23.3 Å². The summed E-state index contributed by atoms with van der Waals surface area (Å²) in [5.74, 6) is -0.0831. The third kappa shape index (κ3) is 3.79. The molecule has 0 aliphatic rings. The summed E-state index contributed by atoms with van der Waals surface area (Å²) in [6.45, 7) is 3.90. The standard InChI is InChI=1S/C16H16ClFN2O/c1-11(2)16(21)20(15-5-3-4-8-19-15)10-12-6-7-13(18)9-14(12)17/h3-9,11H,10H2,1-2H3. The molecule has 1 aromatic carbocycles. The van der Waals surface area contributed by atoms with Crippen molar-refractivity contribution in [2.45, 2.75) is 20.4 Å². The molecule has 0 aliphatic heterocycles. The molecule has 2 aromatic rings. The molecule has 1 heterocycles. The Hall–Kier alpha value is -1.94. The molecule has 0 bridgehead atoms. The predicted molar refractivity (Wildman–Crippen MR) is 81.7 cm³/mol. The number of aromatic nitrogens is 1. The van der Waals surface area contributed by atoms with E-state index in [0.29, 0.717) is 16.4 Å². The van der Waals surface area contributed by atoms with E-state index in [2.05, 4.69) is 4.98 Å². The number of carbonyl (C=O) groups excluding carboxylic acids is 1. The Morgan fingerprint density at radius 2 is 2.10 bits per heavy atom. The zero-order valence-electron chi connectivity index (χ0n) is 11.9. The van der Waals surface area contributed by atoms with E-state index in [0.717, 1.165) is 0 Å². The minimum atomic E-state index is -0.400. The largest absolute Gasteiger partial charge is 0.292 e. The predicted octanol–water partition coefficient (Wildman–Crippen LogP) is 4.06. The SMILES string of the molecule is CC(C)C(=O)N(Cc1ccc(F)cc1Cl)c1ccccn1. The van der Waals surface area contributed by atoms with Crippen molar-refractivity contribution in [2.75, 3.05) is 4.90 Å². The molecule has 5 heteroatoms. The second kappa shape index (κ2) is 6.68. The summed E-state index contributed by atoms with van der Waals surface area (Å²) in [6.07, 6.45) is 1.63.